The summed E-state index contributed by atoms with van der Waals surface area (Å²) in [6.07, 6.45) is 0. The average Bonchev–Trinajstić information content (AvgIpc) is 3.03. The van der Waals surface area contributed by atoms with E-state index >= 15 is 0 Å². The van der Waals surface area contributed by atoms with Gasteiger partial charge in [0.15, 0.2) is 5.82 Å². The Morgan fingerprint density at radius 2 is 1.88 bits per heavy atom. The number of nitro benzene ring substituents is 1. The molecular weight excluding hydrogens is 324 g/mol. The summed E-state index contributed by atoms with van der Waals surface area (Å²) in [4.78, 5) is 26.9. The Labute approximate surface area is 142 Å². The Balaban J connectivity index is 1.77. The molecule has 0 bridgehead atoms. The van der Waals surface area contributed by atoms with Gasteiger partial charge in [-0.05, 0) is 44.2 Å². The van der Waals surface area contributed by atoms with Gasteiger partial charge in [-0.25, -0.2) is 0 Å². The van der Waals surface area contributed by atoms with E-state index in [-0.39, 0.29) is 11.6 Å². The minimum absolute atomic E-state index is 0.0417. The largest absolute Gasteiger partial charge is 0.334 e. The number of nitrogens with one attached hydrogen (secondary N) is 1. The number of rotatable bonds is 4. The zero-order valence-electron chi connectivity index (χ0n) is 13.5. The maximum atomic E-state index is 12.3. The van der Waals surface area contributed by atoms with E-state index < -0.39 is 4.92 Å². The van der Waals surface area contributed by atoms with E-state index in [0.717, 1.165) is 0 Å². The molecule has 1 amide bonds. The summed E-state index contributed by atoms with van der Waals surface area (Å²) in [7, 11) is 0. The SMILES string of the molecule is Cc1noc(-c2ccc(C(=O)Nc3ccc(C)c([N+](=O)[O-])c3)cc2)n1. The van der Waals surface area contributed by atoms with Crippen molar-refractivity contribution in [2.24, 2.45) is 0 Å². The smallest absolute Gasteiger partial charge is 0.274 e. The number of carbonyl (C=O) groups is 1. The highest BCUT2D eigenvalue weighted by Gasteiger charge is 2.14. The summed E-state index contributed by atoms with van der Waals surface area (Å²) in [6.45, 7) is 3.36. The molecule has 0 aliphatic heterocycles. The third-order valence-electron chi connectivity index (χ3n) is 3.59. The van der Waals surface area contributed by atoms with Gasteiger partial charge in [-0.15, -0.1) is 0 Å². The third-order valence-corrected chi connectivity index (χ3v) is 3.59. The van der Waals surface area contributed by atoms with Crippen molar-refractivity contribution in [3.05, 3.63) is 69.5 Å². The van der Waals surface area contributed by atoms with Gasteiger partial charge in [0.05, 0.1) is 4.92 Å². The van der Waals surface area contributed by atoms with Crippen LogP contribution in [0.5, 0.6) is 0 Å². The van der Waals surface area contributed by atoms with Crippen LogP contribution in [0.2, 0.25) is 0 Å². The predicted octanol–water partition coefficient (Wildman–Crippen LogP) is 3.51. The maximum absolute atomic E-state index is 12.3. The molecule has 8 nitrogen and oxygen atoms in total. The Kier molecular flexibility index (Phi) is 4.25. The van der Waals surface area contributed by atoms with Crippen molar-refractivity contribution < 1.29 is 14.2 Å². The van der Waals surface area contributed by atoms with Crippen LogP contribution in [0.1, 0.15) is 21.7 Å². The van der Waals surface area contributed by atoms with Crippen molar-refractivity contribution in [1.82, 2.24) is 10.1 Å². The van der Waals surface area contributed by atoms with E-state index in [1.807, 2.05) is 0 Å². The first-order valence-corrected chi connectivity index (χ1v) is 7.41. The lowest BCUT2D eigenvalue weighted by atomic mass is 10.1. The maximum Gasteiger partial charge on any atom is 0.274 e. The highest BCUT2D eigenvalue weighted by Crippen LogP contribution is 2.23. The van der Waals surface area contributed by atoms with Gasteiger partial charge in [-0.2, -0.15) is 4.98 Å². The minimum atomic E-state index is -0.480. The molecule has 1 N–H and O–H groups in total. The molecule has 3 aromatic rings. The van der Waals surface area contributed by atoms with Crippen LogP contribution in [0.3, 0.4) is 0 Å². The number of hydrogen-bond acceptors (Lipinski definition) is 6. The average molecular weight is 338 g/mol. The van der Waals surface area contributed by atoms with Gasteiger partial charge in [-0.3, -0.25) is 14.9 Å². The molecule has 0 unspecified atom stereocenters. The van der Waals surface area contributed by atoms with Gasteiger partial charge in [-0.1, -0.05) is 11.2 Å². The van der Waals surface area contributed by atoms with E-state index in [2.05, 4.69) is 15.5 Å². The quantitative estimate of drug-likeness (QED) is 0.575. The van der Waals surface area contributed by atoms with Crippen LogP contribution in [0.4, 0.5) is 11.4 Å². The monoisotopic (exact) mass is 338 g/mol. The number of anilines is 1. The summed E-state index contributed by atoms with van der Waals surface area (Å²) >= 11 is 0. The fourth-order valence-electron chi connectivity index (χ4n) is 2.27. The van der Waals surface area contributed by atoms with Crippen molar-refractivity contribution in [2.45, 2.75) is 13.8 Å². The number of amides is 1. The summed E-state index contributed by atoms with van der Waals surface area (Å²) < 4.78 is 5.07. The van der Waals surface area contributed by atoms with E-state index in [0.29, 0.717) is 34.1 Å². The number of nitro groups is 1. The van der Waals surface area contributed by atoms with Crippen molar-refractivity contribution in [3.8, 4) is 11.5 Å². The molecule has 0 saturated heterocycles. The second-order valence-electron chi connectivity index (χ2n) is 5.44. The number of carbonyl (C=O) groups excluding carboxylic acids is 1. The normalized spacial score (nSPS) is 10.5. The highest BCUT2D eigenvalue weighted by molar-refractivity contribution is 6.04. The van der Waals surface area contributed by atoms with Gasteiger partial charge < -0.3 is 9.84 Å². The number of hydrogen-bond donors (Lipinski definition) is 1. The van der Waals surface area contributed by atoms with Gasteiger partial charge in [0.1, 0.15) is 0 Å². The number of aryl methyl sites for hydroxylation is 2. The Morgan fingerprint density at radius 3 is 2.48 bits per heavy atom. The lowest BCUT2D eigenvalue weighted by molar-refractivity contribution is -0.385. The Bertz CT molecular complexity index is 948. The zero-order valence-corrected chi connectivity index (χ0v) is 13.5. The van der Waals surface area contributed by atoms with Gasteiger partial charge in [0, 0.05) is 28.4 Å². The van der Waals surface area contributed by atoms with Crippen LogP contribution in [0, 0.1) is 24.0 Å². The van der Waals surface area contributed by atoms with Crippen molar-refractivity contribution in [1.29, 1.82) is 0 Å². The summed E-state index contributed by atoms with van der Waals surface area (Å²) in [6, 6.07) is 11.2. The molecular formula is C17H14N4O4. The molecule has 2 aromatic carbocycles. The second kappa shape index (κ2) is 6.52. The van der Waals surface area contributed by atoms with E-state index in [1.165, 1.54) is 6.07 Å². The Hall–Kier alpha value is -3.55. The first-order chi connectivity index (χ1) is 11.9. The fraction of sp³-hybridized carbons (Fsp3) is 0.118. The highest BCUT2D eigenvalue weighted by atomic mass is 16.6. The standard InChI is InChI=1S/C17H14N4O4/c1-10-3-8-14(9-15(10)21(23)24)19-16(22)12-4-6-13(7-5-12)17-18-11(2)20-25-17/h3-9H,1-2H3,(H,19,22). The van der Waals surface area contributed by atoms with Crippen molar-refractivity contribution >= 4 is 17.3 Å². The minimum Gasteiger partial charge on any atom is -0.334 e. The summed E-state index contributed by atoms with van der Waals surface area (Å²) in [5.41, 5.74) is 1.95. The predicted molar refractivity (Wildman–Crippen MR) is 90.3 cm³/mol. The van der Waals surface area contributed by atoms with Crippen LogP contribution in [-0.2, 0) is 0 Å². The number of benzene rings is 2. The third kappa shape index (κ3) is 3.52. The number of nitrogens with zero attached hydrogens (tertiary/aromatic N) is 3. The lowest BCUT2D eigenvalue weighted by Gasteiger charge is -2.06. The van der Waals surface area contributed by atoms with Gasteiger partial charge in [0.2, 0.25) is 0 Å². The second-order valence-corrected chi connectivity index (χ2v) is 5.44. The molecule has 0 spiro atoms. The number of aromatic nitrogens is 2. The molecule has 8 heteroatoms. The first-order valence-electron chi connectivity index (χ1n) is 7.41. The van der Waals surface area contributed by atoms with E-state index in [9.17, 15) is 14.9 Å². The van der Waals surface area contributed by atoms with Crippen molar-refractivity contribution in [2.75, 3.05) is 5.32 Å². The van der Waals surface area contributed by atoms with Gasteiger partial charge >= 0.3 is 0 Å². The summed E-state index contributed by atoms with van der Waals surface area (Å²) in [5, 5.41) is 17.3. The first kappa shape index (κ1) is 16.3. The summed E-state index contributed by atoms with van der Waals surface area (Å²) in [5.74, 6) is 0.530. The van der Waals surface area contributed by atoms with Crippen molar-refractivity contribution in [3.63, 3.8) is 0 Å². The molecule has 0 aliphatic carbocycles. The van der Waals surface area contributed by atoms with Crippen LogP contribution in [0.15, 0.2) is 47.0 Å². The van der Waals surface area contributed by atoms with Crippen LogP contribution in [-0.4, -0.2) is 21.0 Å². The molecule has 1 aromatic heterocycles. The van der Waals surface area contributed by atoms with Crippen LogP contribution in [0.25, 0.3) is 11.5 Å². The van der Waals surface area contributed by atoms with E-state index in [4.69, 9.17) is 4.52 Å². The topological polar surface area (TPSA) is 111 Å². The molecule has 0 atom stereocenters. The van der Waals surface area contributed by atoms with E-state index in [1.54, 1.807) is 50.2 Å². The van der Waals surface area contributed by atoms with Crippen LogP contribution < -0.4 is 5.32 Å². The molecule has 1 heterocycles. The molecule has 0 radical (unpaired) electrons. The Morgan fingerprint density at radius 1 is 1.16 bits per heavy atom. The van der Waals surface area contributed by atoms with Crippen LogP contribution >= 0.6 is 0 Å². The lowest BCUT2D eigenvalue weighted by Crippen LogP contribution is -2.12. The zero-order chi connectivity index (χ0) is 18.0. The van der Waals surface area contributed by atoms with Gasteiger partial charge in [0.25, 0.3) is 17.5 Å². The molecule has 3 rings (SSSR count). The molecule has 0 aliphatic rings. The fourth-order valence-corrected chi connectivity index (χ4v) is 2.27. The molecule has 126 valence electrons. The molecule has 25 heavy (non-hydrogen) atoms. The molecule has 0 saturated carbocycles. The molecule has 0 fully saturated rings.